The van der Waals surface area contributed by atoms with E-state index in [9.17, 15) is 18.4 Å². The predicted molar refractivity (Wildman–Crippen MR) is 64.0 cm³/mol. The van der Waals surface area contributed by atoms with Gasteiger partial charge in [0.15, 0.2) is 0 Å². The topological polar surface area (TPSA) is 59.3 Å². The van der Waals surface area contributed by atoms with Crippen LogP contribution in [0.1, 0.15) is 10.4 Å². The van der Waals surface area contributed by atoms with Crippen LogP contribution in [0.5, 0.6) is 0 Å². The molecule has 0 unspecified atom stereocenters. The number of pyridine rings is 1. The maximum atomic E-state index is 13.7. The van der Waals surface area contributed by atoms with Crippen molar-refractivity contribution in [1.82, 2.24) is 4.57 Å². The lowest BCUT2D eigenvalue weighted by Gasteiger charge is -2.10. The summed E-state index contributed by atoms with van der Waals surface area (Å²) in [6.45, 7) is 0. The third-order valence-corrected chi connectivity index (χ3v) is 2.72. The summed E-state index contributed by atoms with van der Waals surface area (Å²) in [4.78, 5) is 22.5. The number of halogens is 2. The number of hydrogen-bond donors (Lipinski definition) is 1. The highest BCUT2D eigenvalue weighted by molar-refractivity contribution is 5.88. The molecule has 0 aliphatic rings. The first kappa shape index (κ1) is 12.9. The van der Waals surface area contributed by atoms with Crippen molar-refractivity contribution in [2.24, 2.45) is 7.05 Å². The number of aromatic carboxylic acids is 1. The molecular weight excluding hydrogens is 256 g/mol. The van der Waals surface area contributed by atoms with Crippen LogP contribution in [0.2, 0.25) is 0 Å². The Hall–Kier alpha value is -2.50. The molecule has 0 saturated carbocycles. The van der Waals surface area contributed by atoms with Crippen molar-refractivity contribution < 1.29 is 18.7 Å². The molecule has 1 heterocycles. The van der Waals surface area contributed by atoms with Crippen LogP contribution in [-0.2, 0) is 7.05 Å². The fraction of sp³-hybridized carbons (Fsp3) is 0.0769. The Morgan fingerprint density at radius 2 is 1.89 bits per heavy atom. The number of nitrogens with zero attached hydrogens (tertiary/aromatic N) is 1. The fourth-order valence-electron chi connectivity index (χ4n) is 1.71. The van der Waals surface area contributed by atoms with Gasteiger partial charge in [0.25, 0.3) is 5.56 Å². The van der Waals surface area contributed by atoms with E-state index in [0.717, 1.165) is 22.8 Å². The minimum Gasteiger partial charge on any atom is -0.478 e. The predicted octanol–water partition coefficient (Wildman–Crippen LogP) is 2.03. The molecular formula is C13H9F2NO3. The minimum atomic E-state index is -1.29. The van der Waals surface area contributed by atoms with E-state index >= 15 is 0 Å². The molecule has 0 bridgehead atoms. The molecule has 2 rings (SSSR count). The first-order chi connectivity index (χ1) is 8.90. The zero-order chi connectivity index (χ0) is 14.2. The van der Waals surface area contributed by atoms with E-state index in [-0.39, 0.29) is 16.8 Å². The quantitative estimate of drug-likeness (QED) is 0.903. The van der Waals surface area contributed by atoms with Crippen molar-refractivity contribution >= 4 is 5.97 Å². The van der Waals surface area contributed by atoms with Gasteiger partial charge in [0.1, 0.15) is 11.6 Å². The lowest BCUT2D eigenvalue weighted by Crippen LogP contribution is -2.20. The van der Waals surface area contributed by atoms with Gasteiger partial charge in [-0.15, -0.1) is 0 Å². The third-order valence-electron chi connectivity index (χ3n) is 2.72. The summed E-state index contributed by atoms with van der Waals surface area (Å²) in [5.74, 6) is -2.90. The van der Waals surface area contributed by atoms with E-state index in [1.807, 2.05) is 0 Å². The van der Waals surface area contributed by atoms with Gasteiger partial charge in [0.2, 0.25) is 0 Å². The number of carboxylic acids is 1. The van der Waals surface area contributed by atoms with E-state index < -0.39 is 23.2 Å². The number of hydrogen-bond acceptors (Lipinski definition) is 2. The second kappa shape index (κ2) is 4.64. The molecule has 0 amide bonds. The Morgan fingerprint density at radius 3 is 2.47 bits per heavy atom. The average molecular weight is 265 g/mol. The van der Waals surface area contributed by atoms with Crippen molar-refractivity contribution in [2.45, 2.75) is 0 Å². The molecule has 0 spiro atoms. The number of aromatic nitrogens is 1. The Balaban J connectivity index is 2.74. The van der Waals surface area contributed by atoms with Gasteiger partial charge in [-0.3, -0.25) is 4.79 Å². The van der Waals surface area contributed by atoms with Gasteiger partial charge in [0, 0.05) is 24.7 Å². The Bertz CT molecular complexity index is 722. The van der Waals surface area contributed by atoms with Crippen LogP contribution in [-0.4, -0.2) is 15.6 Å². The second-order valence-corrected chi connectivity index (χ2v) is 3.96. The standard InChI is InChI=1S/C13H9F2NO3/c1-16-11(4-7(13(18)19)5-12(16)17)9-3-2-8(14)6-10(9)15/h2-6H,1H3,(H,18,19). The lowest BCUT2D eigenvalue weighted by atomic mass is 10.1. The summed E-state index contributed by atoms with van der Waals surface area (Å²) in [7, 11) is 1.38. The molecule has 6 heteroatoms. The number of benzene rings is 1. The highest BCUT2D eigenvalue weighted by Gasteiger charge is 2.14. The molecule has 1 aromatic carbocycles. The van der Waals surface area contributed by atoms with E-state index in [0.29, 0.717) is 6.07 Å². The van der Waals surface area contributed by atoms with Gasteiger partial charge in [-0.05, 0) is 18.2 Å². The SMILES string of the molecule is Cn1c(-c2ccc(F)cc2F)cc(C(=O)O)cc1=O. The zero-order valence-corrected chi connectivity index (χ0v) is 9.85. The summed E-state index contributed by atoms with van der Waals surface area (Å²) in [6.07, 6.45) is 0. The molecule has 0 aliphatic carbocycles. The largest absolute Gasteiger partial charge is 0.478 e. The molecule has 19 heavy (non-hydrogen) atoms. The van der Waals surface area contributed by atoms with Crippen LogP contribution in [0.3, 0.4) is 0 Å². The monoisotopic (exact) mass is 265 g/mol. The summed E-state index contributed by atoms with van der Waals surface area (Å²) < 4.78 is 27.6. The molecule has 1 N–H and O–H groups in total. The summed E-state index contributed by atoms with van der Waals surface area (Å²) in [6, 6.07) is 4.97. The third kappa shape index (κ3) is 2.37. The van der Waals surface area contributed by atoms with Crippen molar-refractivity contribution in [2.75, 3.05) is 0 Å². The van der Waals surface area contributed by atoms with Crippen molar-refractivity contribution in [3.63, 3.8) is 0 Å². The fourth-order valence-corrected chi connectivity index (χ4v) is 1.71. The van der Waals surface area contributed by atoms with Gasteiger partial charge in [-0.2, -0.15) is 0 Å². The molecule has 1 aromatic heterocycles. The normalized spacial score (nSPS) is 10.5. The highest BCUT2D eigenvalue weighted by Crippen LogP contribution is 2.22. The van der Waals surface area contributed by atoms with Gasteiger partial charge in [-0.1, -0.05) is 0 Å². The van der Waals surface area contributed by atoms with Gasteiger partial charge >= 0.3 is 5.97 Å². The van der Waals surface area contributed by atoms with E-state index in [1.54, 1.807) is 0 Å². The van der Waals surface area contributed by atoms with Crippen LogP contribution in [0.25, 0.3) is 11.3 Å². The molecule has 4 nitrogen and oxygen atoms in total. The van der Waals surface area contributed by atoms with E-state index in [4.69, 9.17) is 5.11 Å². The van der Waals surface area contributed by atoms with Crippen LogP contribution in [0, 0.1) is 11.6 Å². The van der Waals surface area contributed by atoms with Crippen LogP contribution in [0.15, 0.2) is 35.1 Å². The zero-order valence-electron chi connectivity index (χ0n) is 9.85. The first-order valence-corrected chi connectivity index (χ1v) is 5.30. The Morgan fingerprint density at radius 1 is 1.21 bits per heavy atom. The maximum absolute atomic E-state index is 13.7. The smallest absolute Gasteiger partial charge is 0.335 e. The molecule has 98 valence electrons. The molecule has 0 radical (unpaired) electrons. The second-order valence-electron chi connectivity index (χ2n) is 3.96. The number of rotatable bonds is 2. The van der Waals surface area contributed by atoms with Crippen molar-refractivity contribution in [3.05, 3.63) is 57.9 Å². The summed E-state index contributed by atoms with van der Waals surface area (Å²) >= 11 is 0. The van der Waals surface area contributed by atoms with Crippen LogP contribution < -0.4 is 5.56 Å². The van der Waals surface area contributed by atoms with Gasteiger partial charge in [-0.25, -0.2) is 13.6 Å². The average Bonchev–Trinajstić information content (AvgIpc) is 2.33. The minimum absolute atomic E-state index is 0.0379. The van der Waals surface area contributed by atoms with Crippen molar-refractivity contribution in [1.29, 1.82) is 0 Å². The molecule has 0 fully saturated rings. The lowest BCUT2D eigenvalue weighted by molar-refractivity contribution is 0.0696. The van der Waals surface area contributed by atoms with Crippen LogP contribution >= 0.6 is 0 Å². The van der Waals surface area contributed by atoms with Crippen molar-refractivity contribution in [3.8, 4) is 11.3 Å². The summed E-state index contributed by atoms with van der Waals surface area (Å²) in [5.41, 5.74) is -0.799. The molecule has 0 saturated heterocycles. The number of carbonyl (C=O) groups is 1. The molecule has 2 aromatic rings. The van der Waals surface area contributed by atoms with E-state index in [2.05, 4.69) is 0 Å². The maximum Gasteiger partial charge on any atom is 0.335 e. The highest BCUT2D eigenvalue weighted by atomic mass is 19.1. The molecule has 0 atom stereocenters. The van der Waals surface area contributed by atoms with Gasteiger partial charge in [0.05, 0.1) is 11.3 Å². The van der Waals surface area contributed by atoms with Gasteiger partial charge < -0.3 is 9.67 Å². The van der Waals surface area contributed by atoms with Crippen LogP contribution in [0.4, 0.5) is 8.78 Å². The Labute approximate surface area is 106 Å². The first-order valence-electron chi connectivity index (χ1n) is 5.30. The Kier molecular flexibility index (Phi) is 3.16. The molecule has 0 aliphatic heterocycles. The summed E-state index contributed by atoms with van der Waals surface area (Å²) in [5, 5.41) is 8.88. The van der Waals surface area contributed by atoms with E-state index in [1.165, 1.54) is 13.1 Å². The number of carboxylic acid groups (broad SMARTS) is 1.